The average molecular weight is 559 g/mol. The van der Waals surface area contributed by atoms with Crippen LogP contribution in [0.3, 0.4) is 0 Å². The number of Topliss-reactive ketones (excluding diaryl/α,β-unsaturated/α-hetero) is 1. The van der Waals surface area contributed by atoms with Crippen molar-refractivity contribution in [3.63, 3.8) is 0 Å². The number of hydrogen-bond acceptors (Lipinski definition) is 4. The Balaban J connectivity index is 1.49. The number of benzene rings is 2. The highest BCUT2D eigenvalue weighted by molar-refractivity contribution is 6.42. The molecule has 2 aliphatic rings. The Morgan fingerprint density at radius 2 is 1.76 bits per heavy atom. The van der Waals surface area contributed by atoms with Gasteiger partial charge >= 0.3 is 0 Å². The van der Waals surface area contributed by atoms with Gasteiger partial charge in [-0.15, -0.1) is 0 Å². The van der Waals surface area contributed by atoms with Gasteiger partial charge in [0.15, 0.2) is 5.78 Å². The van der Waals surface area contributed by atoms with Crippen LogP contribution >= 0.6 is 23.2 Å². The van der Waals surface area contributed by atoms with E-state index in [-0.39, 0.29) is 29.8 Å². The van der Waals surface area contributed by atoms with E-state index in [0.29, 0.717) is 48.2 Å². The second kappa shape index (κ2) is 13.0. The summed E-state index contributed by atoms with van der Waals surface area (Å²) in [6.07, 6.45) is 5.06. The summed E-state index contributed by atoms with van der Waals surface area (Å²) in [7, 11) is 0. The van der Waals surface area contributed by atoms with Crippen molar-refractivity contribution in [2.45, 2.75) is 89.9 Å². The van der Waals surface area contributed by atoms with Crippen molar-refractivity contribution in [2.24, 2.45) is 11.7 Å². The van der Waals surface area contributed by atoms with Crippen molar-refractivity contribution >= 4 is 34.9 Å². The number of hydrogen-bond donors (Lipinski definition) is 1. The molecule has 0 saturated carbocycles. The molecule has 0 radical (unpaired) electrons. The summed E-state index contributed by atoms with van der Waals surface area (Å²) in [5.74, 6) is 0.485. The fourth-order valence-electron chi connectivity index (χ4n) is 6.01. The van der Waals surface area contributed by atoms with Crippen LogP contribution in [0.2, 0.25) is 10.0 Å². The van der Waals surface area contributed by atoms with E-state index < -0.39 is 6.04 Å². The van der Waals surface area contributed by atoms with Crippen LogP contribution in [0.5, 0.6) is 0 Å². The molecule has 0 aliphatic carbocycles. The van der Waals surface area contributed by atoms with E-state index in [0.717, 1.165) is 31.4 Å². The molecule has 2 aromatic carbocycles. The normalized spacial score (nSPS) is 23.0. The molecule has 1 unspecified atom stereocenters. The Labute approximate surface area is 237 Å². The lowest BCUT2D eigenvalue weighted by atomic mass is 9.94. The van der Waals surface area contributed by atoms with Gasteiger partial charge in [-0.25, -0.2) is 0 Å². The summed E-state index contributed by atoms with van der Waals surface area (Å²) in [6.45, 7) is 7.68. The number of amides is 1. The molecule has 0 spiro atoms. The number of carbonyl (C=O) groups excluding carboxylic acids is 2. The minimum Gasteiger partial charge on any atom is -0.331 e. The van der Waals surface area contributed by atoms with Gasteiger partial charge in [-0.05, 0) is 74.6 Å². The number of aryl methyl sites for hydroxylation is 3. The van der Waals surface area contributed by atoms with Crippen molar-refractivity contribution in [2.75, 3.05) is 13.1 Å². The predicted molar refractivity (Wildman–Crippen MR) is 156 cm³/mol. The zero-order valence-corrected chi connectivity index (χ0v) is 24.3. The largest absolute Gasteiger partial charge is 0.331 e. The van der Waals surface area contributed by atoms with Gasteiger partial charge in [0, 0.05) is 31.6 Å². The number of rotatable bonds is 10. The Morgan fingerprint density at radius 1 is 1.05 bits per heavy atom. The van der Waals surface area contributed by atoms with Crippen molar-refractivity contribution in [3.05, 3.63) is 69.2 Å². The zero-order valence-electron chi connectivity index (χ0n) is 22.8. The van der Waals surface area contributed by atoms with E-state index >= 15 is 0 Å². The summed E-state index contributed by atoms with van der Waals surface area (Å²) in [4.78, 5) is 31.8. The Morgan fingerprint density at radius 3 is 2.45 bits per heavy atom. The SMILES string of the molecule is Cc1ccc(CCC2CCN([C@H](CC(C)C)C(=O)CCc3ccc(Cl)c(Cl)c3)C(=O)[C@@H]3C[C@@H](N)CN23)cc1. The quantitative estimate of drug-likeness (QED) is 0.397. The Kier molecular flexibility index (Phi) is 9.91. The maximum absolute atomic E-state index is 14.0. The summed E-state index contributed by atoms with van der Waals surface area (Å²) in [5, 5.41) is 0.998. The fourth-order valence-corrected chi connectivity index (χ4v) is 6.33. The van der Waals surface area contributed by atoms with Crippen molar-refractivity contribution < 1.29 is 9.59 Å². The smallest absolute Gasteiger partial charge is 0.240 e. The molecule has 2 saturated heterocycles. The third kappa shape index (κ3) is 7.18. The van der Waals surface area contributed by atoms with Crippen LogP contribution in [-0.4, -0.2) is 58.7 Å². The van der Waals surface area contributed by atoms with E-state index in [2.05, 4.69) is 49.9 Å². The Hall–Kier alpha value is -1.92. The molecular weight excluding hydrogens is 517 g/mol. The van der Waals surface area contributed by atoms with Gasteiger partial charge in [0.05, 0.1) is 22.1 Å². The van der Waals surface area contributed by atoms with E-state index in [1.54, 1.807) is 6.07 Å². The summed E-state index contributed by atoms with van der Waals surface area (Å²) < 4.78 is 0. The number of carbonyl (C=O) groups is 2. The number of fused-ring (bicyclic) bond motifs is 1. The standard InChI is InChI=1S/C31H41Cl2N3O2/c1-20(2)16-28(30(37)13-10-23-9-12-26(32)27(33)17-23)35-15-14-25(11-8-22-6-4-21(3)5-7-22)36-19-24(34)18-29(36)31(35)38/h4-7,9,12,17,20,24-25,28-29H,8,10-11,13-16,18-19,34H2,1-3H3/t24-,25?,28-,29+/m1/s1. The van der Waals surface area contributed by atoms with Crippen LogP contribution in [-0.2, 0) is 22.4 Å². The molecule has 0 bridgehead atoms. The summed E-state index contributed by atoms with van der Waals surface area (Å²) in [5.41, 5.74) is 9.94. The average Bonchev–Trinajstić information content (AvgIpc) is 3.22. The highest BCUT2D eigenvalue weighted by atomic mass is 35.5. The molecule has 38 heavy (non-hydrogen) atoms. The topological polar surface area (TPSA) is 66.6 Å². The van der Waals surface area contributed by atoms with Crippen molar-refractivity contribution in [1.82, 2.24) is 9.80 Å². The molecule has 0 aromatic heterocycles. The minimum atomic E-state index is -0.417. The lowest BCUT2D eigenvalue weighted by Gasteiger charge is -2.33. The van der Waals surface area contributed by atoms with Crippen LogP contribution in [0.1, 0.15) is 62.6 Å². The molecule has 7 heteroatoms. The van der Waals surface area contributed by atoms with Gasteiger partial charge in [0.2, 0.25) is 5.91 Å². The molecule has 2 N–H and O–H groups in total. The van der Waals surface area contributed by atoms with Gasteiger partial charge in [-0.2, -0.15) is 0 Å². The number of nitrogens with zero attached hydrogens (tertiary/aromatic N) is 2. The van der Waals surface area contributed by atoms with E-state index in [1.807, 2.05) is 17.0 Å². The predicted octanol–water partition coefficient (Wildman–Crippen LogP) is 5.85. The number of nitrogens with two attached hydrogens (primary N) is 1. The molecule has 206 valence electrons. The van der Waals surface area contributed by atoms with Crippen LogP contribution in [0, 0.1) is 12.8 Å². The van der Waals surface area contributed by atoms with Crippen LogP contribution < -0.4 is 5.73 Å². The third-order valence-corrected chi connectivity index (χ3v) is 8.82. The monoisotopic (exact) mass is 557 g/mol. The number of halogens is 2. The fraction of sp³-hybridized carbons (Fsp3) is 0.548. The zero-order chi connectivity index (χ0) is 27.4. The molecule has 4 atom stereocenters. The Bertz CT molecular complexity index is 1120. The molecule has 2 fully saturated rings. The van der Waals surface area contributed by atoms with Crippen molar-refractivity contribution in [1.29, 1.82) is 0 Å². The lowest BCUT2D eigenvalue weighted by molar-refractivity contribution is -0.142. The highest BCUT2D eigenvalue weighted by Gasteiger charge is 2.45. The molecule has 1 amide bonds. The van der Waals surface area contributed by atoms with E-state index in [1.165, 1.54) is 11.1 Å². The molecule has 5 nitrogen and oxygen atoms in total. The van der Waals surface area contributed by atoms with E-state index in [9.17, 15) is 9.59 Å². The van der Waals surface area contributed by atoms with Gasteiger partial charge in [0.25, 0.3) is 0 Å². The van der Waals surface area contributed by atoms with E-state index in [4.69, 9.17) is 28.9 Å². The van der Waals surface area contributed by atoms with Crippen molar-refractivity contribution in [3.8, 4) is 0 Å². The first-order chi connectivity index (χ1) is 18.1. The second-order valence-corrected chi connectivity index (χ2v) is 12.4. The van der Waals surface area contributed by atoms with Gasteiger partial charge in [0.1, 0.15) is 0 Å². The maximum Gasteiger partial charge on any atom is 0.240 e. The number of ketones is 1. The first-order valence-electron chi connectivity index (χ1n) is 14.0. The van der Waals surface area contributed by atoms with Crippen LogP contribution in [0.15, 0.2) is 42.5 Å². The maximum atomic E-state index is 14.0. The molecule has 2 heterocycles. The molecular formula is C31H41Cl2N3O2. The van der Waals surface area contributed by atoms with Crippen LogP contribution in [0.4, 0.5) is 0 Å². The first-order valence-corrected chi connectivity index (χ1v) is 14.7. The van der Waals surface area contributed by atoms with Gasteiger partial charge in [-0.1, -0.05) is 72.9 Å². The van der Waals surface area contributed by atoms with Crippen LogP contribution in [0.25, 0.3) is 0 Å². The summed E-state index contributed by atoms with van der Waals surface area (Å²) in [6, 6.07) is 13.8. The van der Waals surface area contributed by atoms with Gasteiger partial charge < -0.3 is 10.6 Å². The lowest BCUT2D eigenvalue weighted by Crippen LogP contribution is -2.51. The molecule has 4 rings (SSSR count). The van der Waals surface area contributed by atoms with Gasteiger partial charge in [-0.3, -0.25) is 14.5 Å². The molecule has 2 aliphatic heterocycles. The third-order valence-electron chi connectivity index (χ3n) is 8.09. The highest BCUT2D eigenvalue weighted by Crippen LogP contribution is 2.31. The molecule has 2 aromatic rings. The summed E-state index contributed by atoms with van der Waals surface area (Å²) >= 11 is 12.2. The minimum absolute atomic E-state index is 0.0142. The first kappa shape index (κ1) is 29.1. The second-order valence-electron chi connectivity index (χ2n) is 11.6.